The van der Waals surface area contributed by atoms with Crippen LogP contribution < -0.4 is 5.73 Å². The third kappa shape index (κ3) is 2.93. The molecule has 6 nitrogen and oxygen atoms in total. The second-order valence-electron chi connectivity index (χ2n) is 3.76. The van der Waals surface area contributed by atoms with Crippen molar-refractivity contribution >= 4 is 11.8 Å². The highest BCUT2D eigenvalue weighted by molar-refractivity contribution is 7.99. The zero-order chi connectivity index (χ0) is 11.4. The highest BCUT2D eigenvalue weighted by atomic mass is 32.2. The van der Waals surface area contributed by atoms with Gasteiger partial charge in [0.15, 0.2) is 0 Å². The molecule has 1 heterocycles. The van der Waals surface area contributed by atoms with Gasteiger partial charge in [-0.1, -0.05) is 11.8 Å². The lowest BCUT2D eigenvalue weighted by atomic mass is 10.4. The maximum atomic E-state index is 5.61. The minimum atomic E-state index is 0.0827. The fourth-order valence-corrected chi connectivity index (χ4v) is 2.40. The van der Waals surface area contributed by atoms with Crippen molar-refractivity contribution in [1.82, 2.24) is 20.2 Å². The van der Waals surface area contributed by atoms with E-state index in [9.17, 15) is 0 Å². The molecule has 1 saturated carbocycles. The Hall–Kier alpha value is -0.660. The smallest absolute Gasteiger partial charge is 0.209 e. The van der Waals surface area contributed by atoms with E-state index in [1.54, 1.807) is 11.8 Å². The Bertz CT molecular complexity index is 327. The van der Waals surface area contributed by atoms with Gasteiger partial charge in [0.25, 0.3) is 0 Å². The number of thioether (sulfide) groups is 1. The van der Waals surface area contributed by atoms with Gasteiger partial charge in [0.05, 0.1) is 12.1 Å². The molecule has 90 valence electrons. The van der Waals surface area contributed by atoms with E-state index in [0.29, 0.717) is 19.2 Å². The first kappa shape index (κ1) is 11.8. The fourth-order valence-electron chi connectivity index (χ4n) is 1.42. The van der Waals surface area contributed by atoms with Crippen LogP contribution in [0.4, 0.5) is 0 Å². The van der Waals surface area contributed by atoms with Gasteiger partial charge in [-0.2, -0.15) is 0 Å². The average molecular weight is 243 g/mol. The Morgan fingerprint density at radius 3 is 3.06 bits per heavy atom. The molecule has 0 aromatic carbocycles. The minimum Gasteiger partial charge on any atom is -0.376 e. The normalized spacial score (nSPS) is 17.6. The Morgan fingerprint density at radius 1 is 1.62 bits per heavy atom. The molecule has 7 heteroatoms. The lowest BCUT2D eigenvalue weighted by molar-refractivity contribution is 0.0858. The Labute approximate surface area is 98.9 Å². The van der Waals surface area contributed by atoms with Crippen molar-refractivity contribution in [2.24, 2.45) is 5.73 Å². The van der Waals surface area contributed by atoms with E-state index in [4.69, 9.17) is 10.5 Å². The van der Waals surface area contributed by atoms with Crippen LogP contribution in [0.1, 0.15) is 25.8 Å². The van der Waals surface area contributed by atoms with E-state index >= 15 is 0 Å². The number of ether oxygens (including phenoxy) is 1. The number of hydrogen-bond donors (Lipinski definition) is 1. The highest BCUT2D eigenvalue weighted by Gasteiger charge is 2.28. The summed E-state index contributed by atoms with van der Waals surface area (Å²) in [5, 5.41) is 12.6. The third-order valence-electron chi connectivity index (χ3n) is 2.42. The van der Waals surface area contributed by atoms with Gasteiger partial charge in [0, 0.05) is 18.9 Å². The summed E-state index contributed by atoms with van der Waals surface area (Å²) in [6.07, 6.45) is 2.45. The quantitative estimate of drug-likeness (QED) is 0.701. The molecule has 1 aliphatic rings. The maximum Gasteiger partial charge on any atom is 0.209 e. The molecule has 2 N–H and O–H groups in total. The molecule has 1 aliphatic carbocycles. The largest absolute Gasteiger partial charge is 0.376 e. The van der Waals surface area contributed by atoms with Crippen molar-refractivity contribution in [3.05, 3.63) is 0 Å². The van der Waals surface area contributed by atoms with Crippen LogP contribution in [0.25, 0.3) is 0 Å². The van der Waals surface area contributed by atoms with Gasteiger partial charge >= 0.3 is 0 Å². The standard InChI is InChI=1S/C9H17N5OS/c1-2-15-8(5-10)6-16-9-11-12-13-14(9)7-3-4-7/h7-8H,2-6,10H2,1H3. The second kappa shape index (κ2) is 5.60. The predicted octanol–water partition coefficient (Wildman–Crippen LogP) is 0.464. The summed E-state index contributed by atoms with van der Waals surface area (Å²) < 4.78 is 7.39. The fraction of sp³-hybridized carbons (Fsp3) is 0.889. The van der Waals surface area contributed by atoms with Gasteiger partial charge in [-0.3, -0.25) is 0 Å². The van der Waals surface area contributed by atoms with E-state index < -0.39 is 0 Å². The zero-order valence-corrected chi connectivity index (χ0v) is 10.2. The Morgan fingerprint density at radius 2 is 2.44 bits per heavy atom. The van der Waals surface area contributed by atoms with Crippen LogP contribution in [0.2, 0.25) is 0 Å². The molecule has 16 heavy (non-hydrogen) atoms. The summed E-state index contributed by atoms with van der Waals surface area (Å²) in [5.74, 6) is 0.803. The summed E-state index contributed by atoms with van der Waals surface area (Å²) in [6, 6.07) is 0.515. The summed E-state index contributed by atoms with van der Waals surface area (Å²) in [6.45, 7) is 3.20. The van der Waals surface area contributed by atoms with Crippen molar-refractivity contribution in [1.29, 1.82) is 0 Å². The van der Waals surface area contributed by atoms with Crippen LogP contribution >= 0.6 is 11.8 Å². The molecule has 1 unspecified atom stereocenters. The lowest BCUT2D eigenvalue weighted by Gasteiger charge is -2.13. The van der Waals surface area contributed by atoms with E-state index in [1.165, 1.54) is 12.8 Å². The van der Waals surface area contributed by atoms with Crippen molar-refractivity contribution < 1.29 is 4.74 Å². The van der Waals surface area contributed by atoms with E-state index in [-0.39, 0.29) is 6.10 Å². The minimum absolute atomic E-state index is 0.0827. The molecule has 0 spiro atoms. The SMILES string of the molecule is CCOC(CN)CSc1nnnn1C1CC1. The van der Waals surface area contributed by atoms with E-state index in [0.717, 1.165) is 10.9 Å². The molecule has 0 amide bonds. The van der Waals surface area contributed by atoms with Crippen LogP contribution in [0, 0.1) is 0 Å². The number of rotatable bonds is 7. The van der Waals surface area contributed by atoms with Gasteiger partial charge in [-0.25, -0.2) is 4.68 Å². The van der Waals surface area contributed by atoms with Crippen LogP contribution in [-0.2, 0) is 4.74 Å². The van der Waals surface area contributed by atoms with Crippen LogP contribution in [0.3, 0.4) is 0 Å². The molecule has 1 aromatic rings. The number of aromatic nitrogens is 4. The summed E-state index contributed by atoms with van der Waals surface area (Å²) in [7, 11) is 0. The molecule has 0 radical (unpaired) electrons. The first-order valence-corrected chi connectivity index (χ1v) is 6.56. The maximum absolute atomic E-state index is 5.61. The summed E-state index contributed by atoms with van der Waals surface area (Å²) in [5.41, 5.74) is 5.61. The molecular formula is C9H17N5OS. The molecule has 0 saturated heterocycles. The van der Waals surface area contributed by atoms with Gasteiger partial charge in [0.2, 0.25) is 5.16 Å². The first-order chi connectivity index (χ1) is 7.85. The topological polar surface area (TPSA) is 78.8 Å². The molecule has 1 fully saturated rings. The van der Waals surface area contributed by atoms with Crippen molar-refractivity contribution in [2.45, 2.75) is 37.1 Å². The van der Waals surface area contributed by atoms with Crippen molar-refractivity contribution in [2.75, 3.05) is 18.9 Å². The van der Waals surface area contributed by atoms with Gasteiger partial charge in [-0.05, 0) is 30.2 Å². The van der Waals surface area contributed by atoms with Gasteiger partial charge < -0.3 is 10.5 Å². The highest BCUT2D eigenvalue weighted by Crippen LogP contribution is 2.36. The molecule has 1 atom stereocenters. The monoisotopic (exact) mass is 243 g/mol. The summed E-state index contributed by atoms with van der Waals surface area (Å²) in [4.78, 5) is 0. The average Bonchev–Trinajstić information content (AvgIpc) is 3.04. The van der Waals surface area contributed by atoms with Gasteiger partial charge in [0.1, 0.15) is 0 Å². The van der Waals surface area contributed by atoms with E-state index in [2.05, 4.69) is 15.5 Å². The Kier molecular flexibility index (Phi) is 4.14. The number of nitrogens with two attached hydrogens (primary N) is 1. The number of nitrogens with zero attached hydrogens (tertiary/aromatic N) is 4. The number of tetrazole rings is 1. The molecule has 0 bridgehead atoms. The van der Waals surface area contributed by atoms with Crippen LogP contribution in [-0.4, -0.2) is 45.2 Å². The third-order valence-corrected chi connectivity index (χ3v) is 3.48. The Balaban J connectivity index is 1.85. The second-order valence-corrected chi connectivity index (χ2v) is 4.75. The zero-order valence-electron chi connectivity index (χ0n) is 9.37. The van der Waals surface area contributed by atoms with Gasteiger partial charge in [-0.15, -0.1) is 5.10 Å². The molecule has 2 rings (SSSR count). The molecule has 1 aromatic heterocycles. The molecular weight excluding hydrogens is 226 g/mol. The van der Waals surface area contributed by atoms with E-state index in [1.807, 2.05) is 11.6 Å². The number of hydrogen-bond acceptors (Lipinski definition) is 6. The van der Waals surface area contributed by atoms with Crippen molar-refractivity contribution in [3.63, 3.8) is 0 Å². The molecule has 0 aliphatic heterocycles. The lowest BCUT2D eigenvalue weighted by Crippen LogP contribution is -2.26. The summed E-state index contributed by atoms with van der Waals surface area (Å²) >= 11 is 1.62. The van der Waals surface area contributed by atoms with Crippen LogP contribution in [0.15, 0.2) is 5.16 Å². The predicted molar refractivity (Wildman–Crippen MR) is 61.3 cm³/mol. The van der Waals surface area contributed by atoms with Crippen LogP contribution in [0.5, 0.6) is 0 Å². The first-order valence-electron chi connectivity index (χ1n) is 5.57. The van der Waals surface area contributed by atoms with Crippen molar-refractivity contribution in [3.8, 4) is 0 Å².